The summed E-state index contributed by atoms with van der Waals surface area (Å²) in [5, 5.41) is 59.0. The van der Waals surface area contributed by atoms with Crippen LogP contribution in [0.15, 0.2) is 33.5 Å². The number of fused-ring (bicyclic) bond motifs is 2. The summed E-state index contributed by atoms with van der Waals surface area (Å²) < 4.78 is 21.8. The van der Waals surface area contributed by atoms with Crippen molar-refractivity contribution in [3.63, 3.8) is 0 Å². The SMILES string of the molecule is COc1cc(OC2OC(CO)C(O)C(O)C2O)c2c(=O)c3c(O)c(O)ccc3oc2c1. The van der Waals surface area contributed by atoms with Crippen LogP contribution < -0.4 is 14.9 Å². The monoisotopic (exact) mass is 436 g/mol. The molecule has 0 aliphatic carbocycles. The van der Waals surface area contributed by atoms with Crippen molar-refractivity contribution < 1.29 is 49.3 Å². The average Bonchev–Trinajstić information content (AvgIpc) is 2.76. The van der Waals surface area contributed by atoms with Crippen LogP contribution in [0.3, 0.4) is 0 Å². The molecule has 166 valence electrons. The molecule has 2 heterocycles. The summed E-state index contributed by atoms with van der Waals surface area (Å²) in [7, 11) is 1.36. The van der Waals surface area contributed by atoms with E-state index in [1.165, 1.54) is 25.3 Å². The van der Waals surface area contributed by atoms with Gasteiger partial charge in [0, 0.05) is 12.1 Å². The van der Waals surface area contributed by atoms with Gasteiger partial charge in [-0.15, -0.1) is 0 Å². The van der Waals surface area contributed by atoms with E-state index < -0.39 is 54.2 Å². The molecule has 11 nitrogen and oxygen atoms in total. The second-order valence-electron chi connectivity index (χ2n) is 7.05. The van der Waals surface area contributed by atoms with E-state index in [2.05, 4.69) is 0 Å². The Balaban J connectivity index is 1.89. The first-order valence-electron chi connectivity index (χ1n) is 9.23. The molecule has 0 spiro atoms. The summed E-state index contributed by atoms with van der Waals surface area (Å²) in [4.78, 5) is 13.2. The zero-order valence-corrected chi connectivity index (χ0v) is 16.1. The van der Waals surface area contributed by atoms with E-state index in [4.69, 9.17) is 18.6 Å². The largest absolute Gasteiger partial charge is 0.504 e. The van der Waals surface area contributed by atoms with E-state index >= 15 is 0 Å². The molecule has 11 heteroatoms. The van der Waals surface area contributed by atoms with Gasteiger partial charge in [0.1, 0.15) is 57.9 Å². The first-order valence-corrected chi connectivity index (χ1v) is 9.23. The second-order valence-corrected chi connectivity index (χ2v) is 7.05. The van der Waals surface area contributed by atoms with Gasteiger partial charge in [0.05, 0.1) is 13.7 Å². The lowest BCUT2D eigenvalue weighted by Gasteiger charge is -2.39. The van der Waals surface area contributed by atoms with Crippen molar-refractivity contribution in [2.75, 3.05) is 13.7 Å². The Morgan fingerprint density at radius 3 is 2.42 bits per heavy atom. The van der Waals surface area contributed by atoms with Crippen LogP contribution >= 0.6 is 0 Å². The lowest BCUT2D eigenvalue weighted by atomic mass is 9.99. The minimum atomic E-state index is -1.72. The lowest BCUT2D eigenvalue weighted by molar-refractivity contribution is -0.277. The Morgan fingerprint density at radius 1 is 1.00 bits per heavy atom. The van der Waals surface area contributed by atoms with Crippen LogP contribution in [0.2, 0.25) is 0 Å². The first kappa shape index (κ1) is 21.2. The molecule has 31 heavy (non-hydrogen) atoms. The van der Waals surface area contributed by atoms with Crippen molar-refractivity contribution in [2.24, 2.45) is 0 Å². The summed E-state index contributed by atoms with van der Waals surface area (Å²) in [5.41, 5.74) is -0.728. The van der Waals surface area contributed by atoms with Gasteiger partial charge >= 0.3 is 0 Å². The number of methoxy groups -OCH3 is 1. The maximum absolute atomic E-state index is 13.2. The molecule has 1 fully saturated rings. The number of hydrogen-bond acceptors (Lipinski definition) is 11. The number of aliphatic hydroxyl groups is 4. The van der Waals surface area contributed by atoms with Crippen LogP contribution in [0.1, 0.15) is 0 Å². The van der Waals surface area contributed by atoms with Crippen molar-refractivity contribution in [1.29, 1.82) is 0 Å². The van der Waals surface area contributed by atoms with Crippen LogP contribution in [0.4, 0.5) is 0 Å². The Labute approximate surface area is 173 Å². The van der Waals surface area contributed by atoms with Crippen molar-refractivity contribution >= 4 is 21.9 Å². The van der Waals surface area contributed by atoms with Crippen molar-refractivity contribution in [3.8, 4) is 23.0 Å². The van der Waals surface area contributed by atoms with Gasteiger partial charge in [-0.25, -0.2) is 0 Å². The van der Waals surface area contributed by atoms with Gasteiger partial charge < -0.3 is 49.3 Å². The molecule has 1 saturated heterocycles. The van der Waals surface area contributed by atoms with Crippen molar-refractivity contribution in [1.82, 2.24) is 0 Å². The molecule has 3 aromatic rings. The highest BCUT2D eigenvalue weighted by atomic mass is 16.7. The van der Waals surface area contributed by atoms with E-state index in [-0.39, 0.29) is 33.4 Å². The Kier molecular flexibility index (Phi) is 5.37. The average molecular weight is 436 g/mol. The van der Waals surface area contributed by atoms with Crippen LogP contribution in [-0.4, -0.2) is 75.1 Å². The van der Waals surface area contributed by atoms with Crippen molar-refractivity contribution in [3.05, 3.63) is 34.5 Å². The zero-order chi connectivity index (χ0) is 22.4. The van der Waals surface area contributed by atoms with Gasteiger partial charge in [-0.3, -0.25) is 4.79 Å². The molecule has 5 atom stereocenters. The molecule has 0 amide bonds. The zero-order valence-electron chi connectivity index (χ0n) is 16.1. The summed E-state index contributed by atoms with van der Waals surface area (Å²) in [6.07, 6.45) is -7.79. The van der Waals surface area contributed by atoms with E-state index in [1.54, 1.807) is 0 Å². The highest BCUT2D eigenvalue weighted by Crippen LogP contribution is 2.37. The maximum atomic E-state index is 13.2. The number of phenolic OH excluding ortho intramolecular Hbond substituents is 2. The fraction of sp³-hybridized carbons (Fsp3) is 0.350. The molecule has 0 bridgehead atoms. The normalized spacial score (nSPS) is 26.3. The number of benzene rings is 2. The van der Waals surface area contributed by atoms with Gasteiger partial charge in [0.2, 0.25) is 11.7 Å². The fourth-order valence-electron chi connectivity index (χ4n) is 3.48. The van der Waals surface area contributed by atoms with Gasteiger partial charge in [-0.2, -0.15) is 0 Å². The lowest BCUT2D eigenvalue weighted by Crippen LogP contribution is -2.60. The van der Waals surface area contributed by atoms with Gasteiger partial charge in [-0.05, 0) is 12.1 Å². The Hall–Kier alpha value is -3.09. The predicted molar refractivity (Wildman–Crippen MR) is 104 cm³/mol. The van der Waals surface area contributed by atoms with Crippen LogP contribution in [0.25, 0.3) is 21.9 Å². The molecule has 1 aromatic heterocycles. The standard InChI is InChI=1S/C20H20O11/c1-28-7-4-10-13(17(25)14-9(29-10)3-2-8(22)15(14)23)11(5-7)30-20-19(27)18(26)16(24)12(6-21)31-20/h2-5,12,16,18-24,26-27H,6H2,1H3. The van der Waals surface area contributed by atoms with E-state index in [1.807, 2.05) is 0 Å². The quantitative estimate of drug-likeness (QED) is 0.230. The molecular formula is C20H20O11. The second kappa shape index (κ2) is 7.87. The third-order valence-corrected chi connectivity index (χ3v) is 5.16. The maximum Gasteiger partial charge on any atom is 0.229 e. The minimum Gasteiger partial charge on any atom is -0.504 e. The number of ether oxygens (including phenoxy) is 3. The van der Waals surface area contributed by atoms with Crippen molar-refractivity contribution in [2.45, 2.75) is 30.7 Å². The summed E-state index contributed by atoms with van der Waals surface area (Å²) in [5.74, 6) is -1.17. The van der Waals surface area contributed by atoms with E-state index in [0.717, 1.165) is 6.07 Å². The van der Waals surface area contributed by atoms with Crippen LogP contribution in [0, 0.1) is 0 Å². The molecule has 5 unspecified atom stereocenters. The fourth-order valence-corrected chi connectivity index (χ4v) is 3.48. The predicted octanol–water partition coefficient (Wildman–Crippen LogP) is -0.455. The van der Waals surface area contributed by atoms with Gasteiger partial charge in [0.25, 0.3) is 0 Å². The third-order valence-electron chi connectivity index (χ3n) is 5.16. The highest BCUT2D eigenvalue weighted by Gasteiger charge is 2.45. The molecule has 2 aromatic carbocycles. The molecule has 0 radical (unpaired) electrons. The van der Waals surface area contributed by atoms with E-state index in [0.29, 0.717) is 0 Å². The van der Waals surface area contributed by atoms with Gasteiger partial charge in [0.15, 0.2) is 11.5 Å². The molecule has 6 N–H and O–H groups in total. The summed E-state index contributed by atoms with van der Waals surface area (Å²) in [6.45, 7) is -0.663. The molecule has 1 aliphatic heterocycles. The minimum absolute atomic E-state index is 0.000145. The molecule has 0 saturated carbocycles. The smallest absolute Gasteiger partial charge is 0.229 e. The summed E-state index contributed by atoms with van der Waals surface area (Å²) >= 11 is 0. The van der Waals surface area contributed by atoms with E-state index in [9.17, 15) is 35.4 Å². The third kappa shape index (κ3) is 3.42. The number of hydrogen-bond donors (Lipinski definition) is 6. The van der Waals surface area contributed by atoms with Crippen LogP contribution in [0.5, 0.6) is 23.0 Å². The van der Waals surface area contributed by atoms with Crippen LogP contribution in [-0.2, 0) is 4.74 Å². The Bertz CT molecular complexity index is 1190. The van der Waals surface area contributed by atoms with Gasteiger partial charge in [-0.1, -0.05) is 0 Å². The topological polar surface area (TPSA) is 179 Å². The molecular weight excluding hydrogens is 416 g/mol. The molecule has 1 aliphatic rings. The number of aliphatic hydroxyl groups excluding tert-OH is 4. The Morgan fingerprint density at radius 2 is 1.74 bits per heavy atom. The first-order chi connectivity index (χ1) is 14.8. The number of phenols is 2. The highest BCUT2D eigenvalue weighted by molar-refractivity contribution is 5.97. The number of aromatic hydroxyl groups is 2. The number of rotatable bonds is 4. The summed E-state index contributed by atoms with van der Waals surface area (Å²) in [6, 6.07) is 5.17. The molecule has 4 rings (SSSR count).